The largest absolute Gasteiger partial charge is 0.325 e. The first-order valence-corrected chi connectivity index (χ1v) is 7.97. The van der Waals surface area contributed by atoms with E-state index in [-0.39, 0.29) is 12.5 Å². The van der Waals surface area contributed by atoms with E-state index in [0.717, 1.165) is 23.1 Å². The number of nitrogens with one attached hydrogen (secondary N) is 1. The van der Waals surface area contributed by atoms with Crippen molar-refractivity contribution in [3.05, 3.63) is 60.4 Å². The van der Waals surface area contributed by atoms with Gasteiger partial charge in [0.1, 0.15) is 6.54 Å². The Morgan fingerprint density at radius 1 is 1.17 bits per heavy atom. The molecular formula is C19H21N3O. The van der Waals surface area contributed by atoms with Crippen LogP contribution in [0.2, 0.25) is 0 Å². The lowest BCUT2D eigenvalue weighted by atomic mass is 9.99. The minimum Gasteiger partial charge on any atom is -0.325 e. The number of anilines is 1. The normalized spacial score (nSPS) is 12.3. The Morgan fingerprint density at radius 3 is 2.65 bits per heavy atom. The number of hydrogen-bond donors (Lipinski definition) is 1. The Bertz CT molecular complexity index is 805. The van der Waals surface area contributed by atoms with Crippen molar-refractivity contribution in [1.82, 2.24) is 9.55 Å². The Kier molecular flexibility index (Phi) is 4.42. The van der Waals surface area contributed by atoms with E-state index in [4.69, 9.17) is 0 Å². The number of aromatic nitrogens is 2. The van der Waals surface area contributed by atoms with Gasteiger partial charge in [-0.2, -0.15) is 0 Å². The van der Waals surface area contributed by atoms with Gasteiger partial charge in [-0.3, -0.25) is 4.79 Å². The Hall–Kier alpha value is -2.62. The second-order valence-electron chi connectivity index (χ2n) is 5.84. The highest BCUT2D eigenvalue weighted by Crippen LogP contribution is 2.20. The van der Waals surface area contributed by atoms with Crippen LogP contribution >= 0.6 is 0 Å². The third-order valence-electron chi connectivity index (χ3n) is 4.22. The molecule has 23 heavy (non-hydrogen) atoms. The molecule has 2 aromatic carbocycles. The van der Waals surface area contributed by atoms with Gasteiger partial charge in [-0.15, -0.1) is 0 Å². The molecule has 1 amide bonds. The smallest absolute Gasteiger partial charge is 0.244 e. The van der Waals surface area contributed by atoms with Crippen molar-refractivity contribution < 1.29 is 4.79 Å². The van der Waals surface area contributed by atoms with Gasteiger partial charge in [-0.1, -0.05) is 38.1 Å². The van der Waals surface area contributed by atoms with Crippen LogP contribution in [-0.4, -0.2) is 15.5 Å². The lowest BCUT2D eigenvalue weighted by molar-refractivity contribution is -0.116. The van der Waals surface area contributed by atoms with Crippen LogP contribution in [0.15, 0.2) is 54.9 Å². The van der Waals surface area contributed by atoms with E-state index >= 15 is 0 Å². The molecule has 0 spiro atoms. The third kappa shape index (κ3) is 3.42. The minimum atomic E-state index is -0.0514. The molecule has 0 aliphatic rings. The number of carbonyl (C=O) groups is 1. The Balaban J connectivity index is 1.67. The highest BCUT2D eigenvalue weighted by molar-refractivity contribution is 5.91. The van der Waals surface area contributed by atoms with Crippen LogP contribution in [0.4, 0.5) is 5.69 Å². The summed E-state index contributed by atoms with van der Waals surface area (Å²) < 4.78 is 1.86. The van der Waals surface area contributed by atoms with Crippen molar-refractivity contribution in [3.63, 3.8) is 0 Å². The topological polar surface area (TPSA) is 46.9 Å². The maximum absolute atomic E-state index is 12.2. The predicted molar refractivity (Wildman–Crippen MR) is 93.5 cm³/mol. The fourth-order valence-electron chi connectivity index (χ4n) is 2.62. The third-order valence-corrected chi connectivity index (χ3v) is 4.22. The van der Waals surface area contributed by atoms with Gasteiger partial charge in [-0.05, 0) is 42.2 Å². The zero-order valence-corrected chi connectivity index (χ0v) is 13.5. The Morgan fingerprint density at radius 2 is 1.91 bits per heavy atom. The molecule has 1 heterocycles. The molecule has 0 saturated carbocycles. The maximum atomic E-state index is 12.2. The van der Waals surface area contributed by atoms with Gasteiger partial charge in [0, 0.05) is 5.69 Å². The average molecular weight is 307 g/mol. The number of imidazole rings is 1. The summed E-state index contributed by atoms with van der Waals surface area (Å²) in [6.45, 7) is 4.64. The molecule has 0 aliphatic heterocycles. The number of hydrogen-bond acceptors (Lipinski definition) is 2. The lowest BCUT2D eigenvalue weighted by Gasteiger charge is -2.11. The molecule has 0 radical (unpaired) electrons. The first kappa shape index (κ1) is 15.3. The molecule has 0 bridgehead atoms. The van der Waals surface area contributed by atoms with Crippen molar-refractivity contribution in [2.24, 2.45) is 0 Å². The van der Waals surface area contributed by atoms with E-state index < -0.39 is 0 Å². The summed E-state index contributed by atoms with van der Waals surface area (Å²) in [5.41, 5.74) is 3.99. The number of carbonyl (C=O) groups excluding carboxylic acids is 1. The van der Waals surface area contributed by atoms with Gasteiger partial charge >= 0.3 is 0 Å². The minimum absolute atomic E-state index is 0.0514. The van der Waals surface area contributed by atoms with Crippen LogP contribution < -0.4 is 5.32 Å². The van der Waals surface area contributed by atoms with Gasteiger partial charge in [0.05, 0.1) is 17.4 Å². The zero-order chi connectivity index (χ0) is 16.2. The van der Waals surface area contributed by atoms with Crippen LogP contribution in [-0.2, 0) is 11.3 Å². The predicted octanol–water partition coefficient (Wildman–Crippen LogP) is 4.19. The van der Waals surface area contributed by atoms with Crippen LogP contribution in [0.3, 0.4) is 0 Å². The summed E-state index contributed by atoms with van der Waals surface area (Å²) in [4.78, 5) is 16.5. The van der Waals surface area contributed by atoms with E-state index in [0.29, 0.717) is 5.92 Å². The number of benzene rings is 2. The molecule has 118 valence electrons. The van der Waals surface area contributed by atoms with Crippen molar-refractivity contribution in [2.45, 2.75) is 32.7 Å². The fourth-order valence-corrected chi connectivity index (χ4v) is 2.62. The first-order valence-electron chi connectivity index (χ1n) is 7.97. The summed E-state index contributed by atoms with van der Waals surface area (Å²) in [7, 11) is 0. The fraction of sp³-hybridized carbons (Fsp3) is 0.263. The van der Waals surface area contributed by atoms with Crippen LogP contribution in [0, 0.1) is 0 Å². The molecule has 3 rings (SSSR count). The van der Waals surface area contributed by atoms with Crippen molar-refractivity contribution >= 4 is 22.6 Å². The molecule has 1 N–H and O–H groups in total. The van der Waals surface area contributed by atoms with Gasteiger partial charge in [-0.25, -0.2) is 4.98 Å². The summed E-state index contributed by atoms with van der Waals surface area (Å²) in [6.07, 6.45) is 2.82. The van der Waals surface area contributed by atoms with E-state index in [1.54, 1.807) is 6.33 Å². The number of fused-ring (bicyclic) bond motifs is 1. The number of rotatable bonds is 5. The number of para-hydroxylation sites is 2. The SMILES string of the molecule is CCC(C)c1ccc(NC(=O)Cn2cnc3ccccc32)cc1. The molecule has 0 fully saturated rings. The van der Waals surface area contributed by atoms with E-state index in [1.807, 2.05) is 41.0 Å². The molecule has 4 nitrogen and oxygen atoms in total. The summed E-state index contributed by atoms with van der Waals surface area (Å²) in [6, 6.07) is 15.9. The number of nitrogens with zero attached hydrogens (tertiary/aromatic N) is 2. The van der Waals surface area contributed by atoms with Gasteiger partial charge in [0.15, 0.2) is 0 Å². The second kappa shape index (κ2) is 6.65. The van der Waals surface area contributed by atoms with Crippen LogP contribution in [0.25, 0.3) is 11.0 Å². The molecule has 1 unspecified atom stereocenters. The monoisotopic (exact) mass is 307 g/mol. The molecule has 1 atom stereocenters. The van der Waals surface area contributed by atoms with Crippen molar-refractivity contribution in [2.75, 3.05) is 5.32 Å². The van der Waals surface area contributed by atoms with Gasteiger partial charge in [0.25, 0.3) is 0 Å². The van der Waals surface area contributed by atoms with E-state index in [1.165, 1.54) is 5.56 Å². The molecule has 3 aromatic rings. The maximum Gasteiger partial charge on any atom is 0.244 e. The average Bonchev–Trinajstić information content (AvgIpc) is 2.98. The van der Waals surface area contributed by atoms with Crippen LogP contribution in [0.1, 0.15) is 31.7 Å². The summed E-state index contributed by atoms with van der Waals surface area (Å²) in [5.74, 6) is 0.488. The second-order valence-corrected chi connectivity index (χ2v) is 5.84. The summed E-state index contributed by atoms with van der Waals surface area (Å²) >= 11 is 0. The number of amides is 1. The van der Waals surface area contributed by atoms with Crippen molar-refractivity contribution in [1.29, 1.82) is 0 Å². The highest BCUT2D eigenvalue weighted by Gasteiger charge is 2.08. The van der Waals surface area contributed by atoms with Gasteiger partial charge in [0.2, 0.25) is 5.91 Å². The van der Waals surface area contributed by atoms with Crippen LogP contribution in [0.5, 0.6) is 0 Å². The van der Waals surface area contributed by atoms with Gasteiger partial charge < -0.3 is 9.88 Å². The molecule has 1 aromatic heterocycles. The lowest BCUT2D eigenvalue weighted by Crippen LogP contribution is -2.18. The standard InChI is InChI=1S/C19H21N3O/c1-3-14(2)15-8-10-16(11-9-15)21-19(23)12-22-13-20-17-6-4-5-7-18(17)22/h4-11,13-14H,3,12H2,1-2H3,(H,21,23). The first-order chi connectivity index (χ1) is 11.2. The molecule has 0 saturated heterocycles. The van der Waals surface area contributed by atoms with E-state index in [9.17, 15) is 4.79 Å². The highest BCUT2D eigenvalue weighted by atomic mass is 16.1. The molecule has 0 aliphatic carbocycles. The van der Waals surface area contributed by atoms with Crippen molar-refractivity contribution in [3.8, 4) is 0 Å². The zero-order valence-electron chi connectivity index (χ0n) is 13.5. The summed E-state index contributed by atoms with van der Waals surface area (Å²) in [5, 5.41) is 2.94. The molecule has 4 heteroatoms. The van der Waals surface area contributed by atoms with E-state index in [2.05, 4.69) is 36.3 Å². The Labute approximate surface area is 136 Å². The molecular weight excluding hydrogens is 286 g/mol. The quantitative estimate of drug-likeness (QED) is 0.768.